The molecule has 29 heavy (non-hydrogen) atoms. The number of nitrogens with one attached hydrogen (secondary N) is 1. The quantitative estimate of drug-likeness (QED) is 0.573. The summed E-state index contributed by atoms with van der Waals surface area (Å²) in [5.74, 6) is -1.28. The molecule has 1 atom stereocenters. The number of carbonyl (C=O) groups is 2. The van der Waals surface area contributed by atoms with Gasteiger partial charge in [0.2, 0.25) is 5.91 Å². The number of aryl methyl sites for hydroxylation is 1. The van der Waals surface area contributed by atoms with Crippen LogP contribution in [0.15, 0.2) is 59.1 Å². The zero-order chi connectivity index (χ0) is 20.8. The average Bonchev–Trinajstić information content (AvgIpc) is 3.15. The van der Waals surface area contributed by atoms with E-state index in [0.29, 0.717) is 5.56 Å². The minimum absolute atomic E-state index is 0.0444. The van der Waals surface area contributed by atoms with Gasteiger partial charge in [0.05, 0.1) is 11.8 Å². The summed E-state index contributed by atoms with van der Waals surface area (Å²) in [4.78, 5) is 28.3. The van der Waals surface area contributed by atoms with E-state index < -0.39 is 11.6 Å². The highest BCUT2D eigenvalue weighted by atomic mass is 19.1. The molecule has 0 saturated carbocycles. The van der Waals surface area contributed by atoms with Crippen molar-refractivity contribution in [3.8, 4) is 11.3 Å². The van der Waals surface area contributed by atoms with Crippen molar-refractivity contribution >= 4 is 11.7 Å². The third-order valence-electron chi connectivity index (χ3n) is 4.31. The number of hydrogen-bond acceptors (Lipinski definition) is 4. The van der Waals surface area contributed by atoms with Crippen LogP contribution in [0.4, 0.5) is 8.78 Å². The number of Topliss-reactive ketones (excluding diaryl/α,β-unsaturated/α-hetero) is 1. The Hall–Kier alpha value is -3.35. The van der Waals surface area contributed by atoms with Gasteiger partial charge in [-0.15, -0.1) is 0 Å². The predicted molar refractivity (Wildman–Crippen MR) is 103 cm³/mol. The Bertz CT molecular complexity index is 1000. The van der Waals surface area contributed by atoms with Crippen LogP contribution in [-0.4, -0.2) is 22.7 Å². The maximum absolute atomic E-state index is 13.8. The summed E-state index contributed by atoms with van der Waals surface area (Å²) < 4.78 is 32.3. The van der Waals surface area contributed by atoms with Gasteiger partial charge in [0.1, 0.15) is 11.6 Å². The minimum Gasteiger partial charge on any atom is -0.441 e. The second-order valence-corrected chi connectivity index (χ2v) is 6.70. The van der Waals surface area contributed by atoms with Gasteiger partial charge in [-0.25, -0.2) is 13.8 Å². The molecule has 3 rings (SSSR count). The topological polar surface area (TPSA) is 72.2 Å². The van der Waals surface area contributed by atoms with Gasteiger partial charge in [-0.3, -0.25) is 9.59 Å². The minimum atomic E-state index is -0.748. The highest BCUT2D eigenvalue weighted by Crippen LogP contribution is 2.24. The number of oxazole rings is 1. The number of hydrogen-bond donors (Lipinski definition) is 1. The number of carbonyl (C=O) groups excluding carboxylic acids is 2. The van der Waals surface area contributed by atoms with E-state index in [2.05, 4.69) is 10.3 Å². The molecular weight excluding hydrogens is 378 g/mol. The van der Waals surface area contributed by atoms with Crippen molar-refractivity contribution in [1.29, 1.82) is 0 Å². The van der Waals surface area contributed by atoms with Crippen molar-refractivity contribution < 1.29 is 22.8 Å². The fourth-order valence-corrected chi connectivity index (χ4v) is 2.88. The lowest BCUT2D eigenvalue weighted by Gasteiger charge is -2.13. The smallest absolute Gasteiger partial charge is 0.220 e. The second-order valence-electron chi connectivity index (χ2n) is 6.70. The zero-order valence-electron chi connectivity index (χ0n) is 15.8. The lowest BCUT2D eigenvalue weighted by Crippen LogP contribution is -2.34. The molecule has 2 aromatic carbocycles. The Kier molecular flexibility index (Phi) is 6.49. The molecule has 1 heterocycles. The van der Waals surface area contributed by atoms with Crippen LogP contribution in [0.25, 0.3) is 11.3 Å². The monoisotopic (exact) mass is 398 g/mol. The number of ketones is 1. The molecule has 0 spiro atoms. The Morgan fingerprint density at radius 2 is 1.90 bits per heavy atom. The van der Waals surface area contributed by atoms with E-state index in [1.807, 2.05) is 6.07 Å². The van der Waals surface area contributed by atoms with Crippen molar-refractivity contribution in [3.05, 3.63) is 77.8 Å². The molecule has 0 unspecified atom stereocenters. The van der Waals surface area contributed by atoms with E-state index in [9.17, 15) is 18.4 Å². The van der Waals surface area contributed by atoms with Crippen molar-refractivity contribution in [1.82, 2.24) is 10.3 Å². The molecule has 3 aromatic rings. The van der Waals surface area contributed by atoms with Crippen LogP contribution >= 0.6 is 0 Å². The van der Waals surface area contributed by atoms with E-state index in [1.165, 1.54) is 12.3 Å². The van der Waals surface area contributed by atoms with Crippen LogP contribution in [0.5, 0.6) is 0 Å². The number of amides is 1. The summed E-state index contributed by atoms with van der Waals surface area (Å²) in [6, 6.07) is 11.7. The summed E-state index contributed by atoms with van der Waals surface area (Å²) in [7, 11) is 0. The lowest BCUT2D eigenvalue weighted by atomic mass is 10.0. The van der Waals surface area contributed by atoms with Crippen LogP contribution < -0.4 is 5.32 Å². The summed E-state index contributed by atoms with van der Waals surface area (Å²) in [5, 5.41) is 2.77. The molecule has 1 amide bonds. The first kappa shape index (κ1) is 20.4. The van der Waals surface area contributed by atoms with Crippen molar-refractivity contribution in [3.63, 3.8) is 0 Å². The average molecular weight is 398 g/mol. The summed E-state index contributed by atoms with van der Waals surface area (Å²) >= 11 is 0. The van der Waals surface area contributed by atoms with Crippen molar-refractivity contribution in [2.24, 2.45) is 0 Å². The van der Waals surface area contributed by atoms with Gasteiger partial charge >= 0.3 is 0 Å². The maximum atomic E-state index is 13.8. The Morgan fingerprint density at radius 1 is 1.14 bits per heavy atom. The van der Waals surface area contributed by atoms with Crippen molar-refractivity contribution in [2.75, 3.05) is 0 Å². The fourth-order valence-electron chi connectivity index (χ4n) is 2.88. The van der Waals surface area contributed by atoms with Gasteiger partial charge in [0.25, 0.3) is 0 Å². The highest BCUT2D eigenvalue weighted by Gasteiger charge is 2.15. The first-order valence-electron chi connectivity index (χ1n) is 9.20. The van der Waals surface area contributed by atoms with E-state index in [1.54, 1.807) is 31.2 Å². The van der Waals surface area contributed by atoms with Crippen LogP contribution in [0.1, 0.15) is 36.0 Å². The largest absolute Gasteiger partial charge is 0.441 e. The second kappa shape index (κ2) is 9.23. The standard InChI is InChI=1S/C22H20F2N2O3/c1-14(11-19(27)15-5-3-2-4-6-15)26-21(28)9-10-22-25-13-20(29-22)17-8-7-16(23)12-18(17)24/h2-8,12-14H,9-11H2,1H3,(H,26,28)/t14-/m1/s1. The fraction of sp³-hybridized carbons (Fsp3) is 0.227. The highest BCUT2D eigenvalue weighted by molar-refractivity contribution is 5.96. The molecular formula is C22H20F2N2O3. The predicted octanol–water partition coefficient (Wildman–Crippen LogP) is 4.33. The molecule has 150 valence electrons. The molecule has 0 fully saturated rings. The Labute approximate surface area is 166 Å². The molecule has 0 saturated heterocycles. The van der Waals surface area contributed by atoms with E-state index in [-0.39, 0.29) is 54.2 Å². The Balaban J connectivity index is 1.49. The van der Waals surface area contributed by atoms with E-state index >= 15 is 0 Å². The molecule has 0 aliphatic heterocycles. The number of rotatable bonds is 8. The Morgan fingerprint density at radius 3 is 2.62 bits per heavy atom. The van der Waals surface area contributed by atoms with Gasteiger partial charge in [0.15, 0.2) is 17.4 Å². The SMILES string of the molecule is C[C@H](CC(=O)c1ccccc1)NC(=O)CCc1ncc(-c2ccc(F)cc2F)o1. The molecule has 5 nitrogen and oxygen atoms in total. The molecule has 1 aromatic heterocycles. The van der Waals surface area contributed by atoms with Crippen LogP contribution in [-0.2, 0) is 11.2 Å². The third-order valence-corrected chi connectivity index (χ3v) is 4.31. The number of aromatic nitrogens is 1. The van der Waals surface area contributed by atoms with Gasteiger partial charge < -0.3 is 9.73 Å². The number of benzene rings is 2. The van der Waals surface area contributed by atoms with Crippen molar-refractivity contribution in [2.45, 2.75) is 32.2 Å². The summed E-state index contributed by atoms with van der Waals surface area (Å²) in [5.41, 5.74) is 0.705. The zero-order valence-corrected chi connectivity index (χ0v) is 15.8. The van der Waals surface area contributed by atoms with E-state index in [0.717, 1.165) is 12.1 Å². The van der Waals surface area contributed by atoms with Gasteiger partial charge in [-0.05, 0) is 19.1 Å². The first-order valence-corrected chi connectivity index (χ1v) is 9.20. The van der Waals surface area contributed by atoms with Gasteiger partial charge in [0, 0.05) is 36.9 Å². The molecule has 0 aliphatic carbocycles. The lowest BCUT2D eigenvalue weighted by molar-refractivity contribution is -0.121. The van der Waals surface area contributed by atoms with Crippen LogP contribution in [0, 0.1) is 11.6 Å². The number of halogens is 2. The molecule has 1 N–H and O–H groups in total. The number of nitrogens with zero attached hydrogens (tertiary/aromatic N) is 1. The maximum Gasteiger partial charge on any atom is 0.220 e. The van der Waals surface area contributed by atoms with Gasteiger partial charge in [-0.2, -0.15) is 0 Å². The normalized spacial score (nSPS) is 11.8. The van der Waals surface area contributed by atoms with Crippen LogP contribution in [0.3, 0.4) is 0 Å². The molecule has 7 heteroatoms. The summed E-state index contributed by atoms with van der Waals surface area (Å²) in [6.07, 6.45) is 1.86. The third kappa shape index (κ3) is 5.57. The van der Waals surface area contributed by atoms with E-state index in [4.69, 9.17) is 4.42 Å². The first-order chi connectivity index (χ1) is 13.9. The molecule has 0 radical (unpaired) electrons. The molecule has 0 bridgehead atoms. The molecule has 0 aliphatic rings. The van der Waals surface area contributed by atoms with Gasteiger partial charge in [-0.1, -0.05) is 30.3 Å². The summed E-state index contributed by atoms with van der Waals surface area (Å²) in [6.45, 7) is 1.76. The van der Waals surface area contributed by atoms with Crippen LogP contribution in [0.2, 0.25) is 0 Å².